The van der Waals surface area contributed by atoms with Crippen LogP contribution in [0.1, 0.15) is 31.7 Å². The maximum absolute atomic E-state index is 13.3. The molecule has 1 saturated carbocycles. The van der Waals surface area contributed by atoms with Crippen molar-refractivity contribution >= 4 is 12.4 Å². The molecule has 2 rings (SSSR count). The summed E-state index contributed by atoms with van der Waals surface area (Å²) >= 11 is 0. The van der Waals surface area contributed by atoms with E-state index in [4.69, 9.17) is 0 Å². The van der Waals surface area contributed by atoms with Gasteiger partial charge in [-0.05, 0) is 30.4 Å². The zero-order valence-electron chi connectivity index (χ0n) is 9.93. The molecule has 1 aromatic rings. The second kappa shape index (κ2) is 5.78. The topological polar surface area (TPSA) is 12.0 Å². The monoisotopic (exact) mass is 261 g/mol. The summed E-state index contributed by atoms with van der Waals surface area (Å²) in [4.78, 5) is 0. The van der Waals surface area contributed by atoms with Crippen molar-refractivity contribution < 1.29 is 8.78 Å². The van der Waals surface area contributed by atoms with Crippen molar-refractivity contribution in [2.45, 2.75) is 32.7 Å². The molecular weight excluding hydrogens is 244 g/mol. The van der Waals surface area contributed by atoms with E-state index < -0.39 is 11.6 Å². The zero-order chi connectivity index (χ0) is 11.6. The number of hydrogen-bond donors (Lipinski definition) is 1. The van der Waals surface area contributed by atoms with Crippen LogP contribution in [0.25, 0.3) is 0 Å². The lowest BCUT2D eigenvalue weighted by Crippen LogP contribution is -2.37. The van der Waals surface area contributed by atoms with Gasteiger partial charge >= 0.3 is 0 Å². The quantitative estimate of drug-likeness (QED) is 0.872. The number of rotatable bonds is 4. The van der Waals surface area contributed by atoms with Gasteiger partial charge in [0.05, 0.1) is 0 Å². The SMILES string of the molecule is CC1(CNCc2c(F)cccc2F)CCC1.Cl. The Balaban J connectivity index is 0.00000144. The lowest BCUT2D eigenvalue weighted by Gasteiger charge is -2.38. The molecule has 1 fully saturated rings. The number of benzene rings is 1. The molecule has 0 amide bonds. The minimum absolute atomic E-state index is 0. The van der Waals surface area contributed by atoms with Gasteiger partial charge in [0, 0.05) is 18.7 Å². The van der Waals surface area contributed by atoms with Gasteiger partial charge in [0.15, 0.2) is 0 Å². The molecule has 0 heterocycles. The van der Waals surface area contributed by atoms with Crippen molar-refractivity contribution in [1.29, 1.82) is 0 Å². The summed E-state index contributed by atoms with van der Waals surface area (Å²) < 4.78 is 26.6. The average Bonchev–Trinajstić information content (AvgIpc) is 2.20. The molecular formula is C13H18ClF2N. The fourth-order valence-corrected chi connectivity index (χ4v) is 2.15. The van der Waals surface area contributed by atoms with Gasteiger partial charge in [-0.25, -0.2) is 8.78 Å². The van der Waals surface area contributed by atoms with Crippen molar-refractivity contribution in [3.8, 4) is 0 Å². The Hall–Kier alpha value is -0.670. The van der Waals surface area contributed by atoms with Gasteiger partial charge in [0.2, 0.25) is 0 Å². The third-order valence-corrected chi connectivity index (χ3v) is 3.48. The van der Waals surface area contributed by atoms with Gasteiger partial charge in [-0.15, -0.1) is 12.4 Å². The summed E-state index contributed by atoms with van der Waals surface area (Å²) in [5, 5.41) is 3.15. The van der Waals surface area contributed by atoms with Crippen molar-refractivity contribution in [2.75, 3.05) is 6.54 Å². The average molecular weight is 262 g/mol. The van der Waals surface area contributed by atoms with Crippen LogP contribution in [-0.4, -0.2) is 6.54 Å². The predicted octanol–water partition coefficient (Wildman–Crippen LogP) is 3.67. The third kappa shape index (κ3) is 3.39. The lowest BCUT2D eigenvalue weighted by molar-refractivity contribution is 0.156. The Morgan fingerprint density at radius 1 is 1.24 bits per heavy atom. The fourth-order valence-electron chi connectivity index (χ4n) is 2.15. The van der Waals surface area contributed by atoms with Gasteiger partial charge in [0.1, 0.15) is 11.6 Å². The van der Waals surface area contributed by atoms with E-state index in [2.05, 4.69) is 12.2 Å². The normalized spacial score (nSPS) is 17.1. The molecule has 0 saturated heterocycles. The maximum atomic E-state index is 13.3. The zero-order valence-corrected chi connectivity index (χ0v) is 10.7. The molecule has 0 aromatic heterocycles. The van der Waals surface area contributed by atoms with E-state index in [1.54, 1.807) is 0 Å². The summed E-state index contributed by atoms with van der Waals surface area (Å²) in [6, 6.07) is 3.98. The maximum Gasteiger partial charge on any atom is 0.130 e. The molecule has 1 aromatic carbocycles. The second-order valence-electron chi connectivity index (χ2n) is 4.97. The summed E-state index contributed by atoms with van der Waals surface area (Å²) in [5.74, 6) is -0.933. The fraction of sp³-hybridized carbons (Fsp3) is 0.538. The molecule has 0 bridgehead atoms. The Kier molecular flexibility index (Phi) is 4.90. The Morgan fingerprint density at radius 2 is 1.82 bits per heavy atom. The first kappa shape index (κ1) is 14.4. The largest absolute Gasteiger partial charge is 0.312 e. The van der Waals surface area contributed by atoms with Crippen LogP contribution in [0, 0.1) is 17.0 Å². The Bertz CT molecular complexity index is 357. The molecule has 0 spiro atoms. The number of nitrogens with one attached hydrogen (secondary N) is 1. The smallest absolute Gasteiger partial charge is 0.130 e. The van der Waals surface area contributed by atoms with Crippen LogP contribution in [0.15, 0.2) is 18.2 Å². The lowest BCUT2D eigenvalue weighted by atomic mass is 9.70. The van der Waals surface area contributed by atoms with Crippen molar-refractivity contribution in [2.24, 2.45) is 5.41 Å². The second-order valence-corrected chi connectivity index (χ2v) is 4.97. The highest BCUT2D eigenvalue weighted by atomic mass is 35.5. The Labute approximate surface area is 107 Å². The molecule has 0 unspecified atom stereocenters. The van der Waals surface area contributed by atoms with Crippen LogP contribution < -0.4 is 5.32 Å². The van der Waals surface area contributed by atoms with Crippen LogP contribution in [0.3, 0.4) is 0 Å². The molecule has 96 valence electrons. The van der Waals surface area contributed by atoms with E-state index >= 15 is 0 Å². The van der Waals surface area contributed by atoms with Crippen molar-refractivity contribution in [3.05, 3.63) is 35.4 Å². The minimum Gasteiger partial charge on any atom is -0.312 e. The van der Waals surface area contributed by atoms with Gasteiger partial charge in [-0.2, -0.15) is 0 Å². The van der Waals surface area contributed by atoms with Crippen LogP contribution in [-0.2, 0) is 6.54 Å². The molecule has 1 aliphatic carbocycles. The first-order valence-corrected chi connectivity index (χ1v) is 5.74. The molecule has 0 radical (unpaired) electrons. The number of halogens is 3. The highest BCUT2D eigenvalue weighted by Crippen LogP contribution is 2.39. The van der Waals surface area contributed by atoms with Gasteiger partial charge < -0.3 is 5.32 Å². The van der Waals surface area contributed by atoms with Gasteiger partial charge in [-0.1, -0.05) is 19.4 Å². The standard InChI is InChI=1S/C13H17F2N.ClH/c1-13(6-3-7-13)9-16-8-10-11(14)4-2-5-12(10)15;/h2,4-5,16H,3,6-9H2,1H3;1H. The predicted molar refractivity (Wildman–Crippen MR) is 67.3 cm³/mol. The van der Waals surface area contributed by atoms with Crippen molar-refractivity contribution in [3.63, 3.8) is 0 Å². The summed E-state index contributed by atoms with van der Waals surface area (Å²) in [7, 11) is 0. The van der Waals surface area contributed by atoms with E-state index in [9.17, 15) is 8.78 Å². The first-order chi connectivity index (χ1) is 7.61. The molecule has 0 atom stereocenters. The van der Waals surface area contributed by atoms with Crippen LogP contribution in [0.5, 0.6) is 0 Å². The molecule has 4 heteroatoms. The third-order valence-electron chi connectivity index (χ3n) is 3.48. The molecule has 1 N–H and O–H groups in total. The van der Waals surface area contributed by atoms with E-state index in [0.717, 1.165) is 6.54 Å². The van der Waals surface area contributed by atoms with Gasteiger partial charge in [0.25, 0.3) is 0 Å². The molecule has 0 aliphatic heterocycles. The summed E-state index contributed by atoms with van der Waals surface area (Å²) in [6.45, 7) is 3.32. The molecule has 17 heavy (non-hydrogen) atoms. The van der Waals surface area contributed by atoms with Crippen LogP contribution in [0.4, 0.5) is 8.78 Å². The minimum atomic E-state index is -0.466. The summed E-state index contributed by atoms with van der Waals surface area (Å²) in [6.07, 6.45) is 3.69. The first-order valence-electron chi connectivity index (χ1n) is 5.74. The highest BCUT2D eigenvalue weighted by Gasteiger charge is 2.31. The van der Waals surface area contributed by atoms with Crippen LogP contribution in [0.2, 0.25) is 0 Å². The van der Waals surface area contributed by atoms with Crippen LogP contribution >= 0.6 is 12.4 Å². The number of hydrogen-bond acceptors (Lipinski definition) is 1. The van der Waals surface area contributed by atoms with E-state index in [0.29, 0.717) is 5.41 Å². The molecule has 1 aliphatic rings. The Morgan fingerprint density at radius 3 is 2.29 bits per heavy atom. The summed E-state index contributed by atoms with van der Waals surface area (Å²) in [5.41, 5.74) is 0.479. The van der Waals surface area contributed by atoms with Gasteiger partial charge in [-0.3, -0.25) is 0 Å². The van der Waals surface area contributed by atoms with E-state index in [1.807, 2.05) is 0 Å². The van der Waals surface area contributed by atoms with E-state index in [-0.39, 0.29) is 24.5 Å². The van der Waals surface area contributed by atoms with E-state index in [1.165, 1.54) is 37.5 Å². The highest BCUT2D eigenvalue weighted by molar-refractivity contribution is 5.85. The molecule has 1 nitrogen and oxygen atoms in total. The van der Waals surface area contributed by atoms with Crippen molar-refractivity contribution in [1.82, 2.24) is 5.32 Å².